The quantitative estimate of drug-likeness (QED) is 0.494. The van der Waals surface area contributed by atoms with Gasteiger partial charge in [-0.2, -0.15) is 0 Å². The first-order valence-electron chi connectivity index (χ1n) is 7.99. The number of amides is 1. The van der Waals surface area contributed by atoms with Crippen molar-refractivity contribution >= 4 is 40.3 Å². The van der Waals surface area contributed by atoms with Gasteiger partial charge in [-0.3, -0.25) is 4.79 Å². The molecule has 132 valence electrons. The van der Waals surface area contributed by atoms with Crippen molar-refractivity contribution < 1.29 is 14.3 Å². The molecule has 0 aliphatic heterocycles. The summed E-state index contributed by atoms with van der Waals surface area (Å²) in [6, 6.07) is 11.5. The van der Waals surface area contributed by atoms with Crippen LogP contribution >= 0.6 is 22.6 Å². The van der Waals surface area contributed by atoms with Crippen LogP contribution in [-0.4, -0.2) is 19.1 Å². The number of ether oxygens (including phenoxy) is 2. The Balaban J connectivity index is 2.08. The van der Waals surface area contributed by atoms with Crippen LogP contribution in [0.4, 0.5) is 5.69 Å². The van der Waals surface area contributed by atoms with Gasteiger partial charge in [-0.15, -0.1) is 0 Å². The Bertz CT molecular complexity index is 785. The van der Waals surface area contributed by atoms with E-state index in [1.165, 1.54) is 6.08 Å². The molecular weight excluding hydrogens is 429 g/mol. The number of methoxy groups -OCH3 is 1. The van der Waals surface area contributed by atoms with Gasteiger partial charge >= 0.3 is 0 Å². The van der Waals surface area contributed by atoms with E-state index in [2.05, 4.69) is 27.9 Å². The number of benzene rings is 2. The minimum absolute atomic E-state index is 0.0678. The highest BCUT2D eigenvalue weighted by Gasteiger charge is 2.07. The largest absolute Gasteiger partial charge is 0.493 e. The van der Waals surface area contributed by atoms with E-state index in [0.717, 1.165) is 20.4 Å². The molecule has 0 unspecified atom stereocenters. The zero-order valence-electron chi connectivity index (χ0n) is 14.8. The van der Waals surface area contributed by atoms with Crippen LogP contribution in [0, 0.1) is 10.5 Å². The van der Waals surface area contributed by atoms with Crippen molar-refractivity contribution in [2.45, 2.75) is 26.9 Å². The van der Waals surface area contributed by atoms with Gasteiger partial charge in [-0.25, -0.2) is 0 Å². The third-order valence-electron chi connectivity index (χ3n) is 3.42. The predicted octanol–water partition coefficient (Wildman–Crippen LogP) is 5.05. The highest BCUT2D eigenvalue weighted by atomic mass is 127. The molecule has 0 saturated carbocycles. The van der Waals surface area contributed by atoms with E-state index in [4.69, 9.17) is 9.47 Å². The molecule has 4 nitrogen and oxygen atoms in total. The third-order valence-corrected chi connectivity index (χ3v) is 4.09. The number of rotatable bonds is 6. The van der Waals surface area contributed by atoms with Crippen LogP contribution in [0.2, 0.25) is 0 Å². The topological polar surface area (TPSA) is 47.6 Å². The number of hydrogen-bond acceptors (Lipinski definition) is 3. The van der Waals surface area contributed by atoms with Gasteiger partial charge in [-0.1, -0.05) is 6.07 Å². The minimum Gasteiger partial charge on any atom is -0.493 e. The fourth-order valence-corrected chi connectivity index (χ4v) is 2.90. The first-order valence-corrected chi connectivity index (χ1v) is 9.07. The Kier molecular flexibility index (Phi) is 6.87. The summed E-state index contributed by atoms with van der Waals surface area (Å²) in [5.41, 5.74) is 2.71. The number of halogens is 1. The van der Waals surface area contributed by atoms with Crippen LogP contribution in [0.1, 0.15) is 25.0 Å². The molecule has 2 aromatic rings. The molecule has 0 aliphatic carbocycles. The van der Waals surface area contributed by atoms with Crippen LogP contribution < -0.4 is 14.8 Å². The molecule has 25 heavy (non-hydrogen) atoms. The van der Waals surface area contributed by atoms with Crippen molar-refractivity contribution in [2.75, 3.05) is 12.4 Å². The molecule has 0 bridgehead atoms. The SMILES string of the molecule is COc1cc(/C=C/C(=O)Nc2ccc(I)cc2C)ccc1OC(C)C. The lowest BCUT2D eigenvalue weighted by molar-refractivity contribution is -0.111. The summed E-state index contributed by atoms with van der Waals surface area (Å²) in [7, 11) is 1.60. The van der Waals surface area contributed by atoms with Crippen LogP contribution in [-0.2, 0) is 4.79 Å². The van der Waals surface area contributed by atoms with Gasteiger partial charge < -0.3 is 14.8 Å². The Morgan fingerprint density at radius 2 is 1.92 bits per heavy atom. The molecule has 1 N–H and O–H groups in total. The van der Waals surface area contributed by atoms with Crippen LogP contribution in [0.25, 0.3) is 6.08 Å². The lowest BCUT2D eigenvalue weighted by atomic mass is 10.1. The average Bonchev–Trinajstić information content (AvgIpc) is 2.56. The fraction of sp³-hybridized carbons (Fsp3) is 0.250. The van der Waals surface area contributed by atoms with E-state index in [-0.39, 0.29) is 12.0 Å². The van der Waals surface area contributed by atoms with E-state index in [1.807, 2.05) is 57.2 Å². The molecule has 2 rings (SSSR count). The molecule has 0 aliphatic rings. The maximum atomic E-state index is 12.1. The highest BCUT2D eigenvalue weighted by Crippen LogP contribution is 2.29. The van der Waals surface area contributed by atoms with Gasteiger partial charge in [0.2, 0.25) is 5.91 Å². The molecular formula is C20H22INO3. The lowest BCUT2D eigenvalue weighted by Crippen LogP contribution is -2.09. The number of anilines is 1. The van der Waals surface area contributed by atoms with Crippen molar-refractivity contribution in [3.8, 4) is 11.5 Å². The molecule has 0 atom stereocenters. The average molecular weight is 451 g/mol. The third kappa shape index (κ3) is 5.77. The van der Waals surface area contributed by atoms with Crippen LogP contribution in [0.3, 0.4) is 0 Å². The van der Waals surface area contributed by atoms with Gasteiger partial charge in [0, 0.05) is 15.3 Å². The zero-order chi connectivity index (χ0) is 18.4. The number of nitrogens with one attached hydrogen (secondary N) is 1. The summed E-state index contributed by atoms with van der Waals surface area (Å²) < 4.78 is 12.2. The molecule has 0 spiro atoms. The van der Waals surface area contributed by atoms with E-state index >= 15 is 0 Å². The molecule has 2 aromatic carbocycles. The maximum Gasteiger partial charge on any atom is 0.248 e. The van der Waals surface area contributed by atoms with E-state index in [9.17, 15) is 4.79 Å². The van der Waals surface area contributed by atoms with Gasteiger partial charge in [0.1, 0.15) is 0 Å². The smallest absolute Gasteiger partial charge is 0.248 e. The molecule has 5 heteroatoms. The normalized spacial score (nSPS) is 11.0. The number of hydrogen-bond donors (Lipinski definition) is 1. The van der Waals surface area contributed by atoms with E-state index in [0.29, 0.717) is 11.5 Å². The summed E-state index contributed by atoms with van der Waals surface area (Å²) in [6.07, 6.45) is 3.33. The van der Waals surface area contributed by atoms with Crippen molar-refractivity contribution in [1.29, 1.82) is 0 Å². The molecule has 0 heterocycles. The van der Waals surface area contributed by atoms with E-state index in [1.54, 1.807) is 13.2 Å². The van der Waals surface area contributed by atoms with Crippen LogP contribution in [0.5, 0.6) is 11.5 Å². The number of aryl methyl sites for hydroxylation is 1. The molecule has 0 aromatic heterocycles. The van der Waals surface area contributed by atoms with Gasteiger partial charge in [-0.05, 0) is 90.9 Å². The van der Waals surface area contributed by atoms with Gasteiger partial charge in [0.05, 0.1) is 13.2 Å². The summed E-state index contributed by atoms with van der Waals surface area (Å²) >= 11 is 2.25. The second-order valence-electron chi connectivity index (χ2n) is 5.86. The maximum absolute atomic E-state index is 12.1. The van der Waals surface area contributed by atoms with Crippen molar-refractivity contribution in [3.05, 3.63) is 57.2 Å². The Hall–Kier alpha value is -2.02. The van der Waals surface area contributed by atoms with Crippen molar-refractivity contribution in [3.63, 3.8) is 0 Å². The first-order chi connectivity index (χ1) is 11.9. The van der Waals surface area contributed by atoms with Gasteiger partial charge in [0.25, 0.3) is 0 Å². The predicted molar refractivity (Wildman–Crippen MR) is 110 cm³/mol. The summed E-state index contributed by atoms with van der Waals surface area (Å²) in [5, 5.41) is 2.89. The second-order valence-corrected chi connectivity index (χ2v) is 7.10. The number of carbonyl (C=O) groups is 1. The Morgan fingerprint density at radius 1 is 1.16 bits per heavy atom. The molecule has 1 amide bonds. The minimum atomic E-state index is -0.175. The van der Waals surface area contributed by atoms with Crippen molar-refractivity contribution in [2.24, 2.45) is 0 Å². The highest BCUT2D eigenvalue weighted by molar-refractivity contribution is 14.1. The summed E-state index contributed by atoms with van der Waals surface area (Å²) in [4.78, 5) is 12.1. The molecule has 0 saturated heterocycles. The first kappa shape index (κ1) is 19.3. The standard InChI is InChI=1S/C20H22INO3/c1-13(2)25-18-9-5-15(12-19(18)24-4)6-10-20(23)22-17-8-7-16(21)11-14(17)3/h5-13H,1-4H3,(H,22,23)/b10-6+. The summed E-state index contributed by atoms with van der Waals surface area (Å²) in [5.74, 6) is 1.16. The molecule has 0 radical (unpaired) electrons. The monoisotopic (exact) mass is 451 g/mol. The van der Waals surface area contributed by atoms with E-state index < -0.39 is 0 Å². The summed E-state index contributed by atoms with van der Waals surface area (Å²) in [6.45, 7) is 5.90. The molecule has 0 fully saturated rings. The van der Waals surface area contributed by atoms with Gasteiger partial charge in [0.15, 0.2) is 11.5 Å². The lowest BCUT2D eigenvalue weighted by Gasteiger charge is -2.13. The van der Waals surface area contributed by atoms with Crippen LogP contribution in [0.15, 0.2) is 42.5 Å². The zero-order valence-corrected chi connectivity index (χ0v) is 17.0. The van der Waals surface area contributed by atoms with Crippen molar-refractivity contribution in [1.82, 2.24) is 0 Å². The Labute approximate surface area is 162 Å². The Morgan fingerprint density at radius 3 is 2.56 bits per heavy atom. The number of carbonyl (C=O) groups excluding carboxylic acids is 1. The second kappa shape index (κ2) is 8.89. The fourth-order valence-electron chi connectivity index (χ4n) is 2.25.